The number of benzene rings is 1. The van der Waals surface area contributed by atoms with E-state index >= 15 is 0 Å². The summed E-state index contributed by atoms with van der Waals surface area (Å²) in [5.41, 5.74) is 2.16. The number of aromatic nitrogens is 4. The van der Waals surface area contributed by atoms with Gasteiger partial charge in [0.25, 0.3) is 5.56 Å². The quantitative estimate of drug-likeness (QED) is 0.678. The van der Waals surface area contributed by atoms with Crippen LogP contribution in [-0.4, -0.2) is 37.5 Å². The van der Waals surface area contributed by atoms with Crippen molar-refractivity contribution in [2.75, 3.05) is 6.54 Å². The Morgan fingerprint density at radius 1 is 1.40 bits per heavy atom. The molecule has 1 amide bonds. The van der Waals surface area contributed by atoms with Gasteiger partial charge in [-0.25, -0.2) is 9.37 Å². The smallest absolute Gasteiger partial charge is 0.267 e. The fraction of sp³-hybridized carbons (Fsp3) is 0.353. The lowest BCUT2D eigenvalue weighted by Crippen LogP contribution is -2.33. The number of aromatic amines is 3. The molecule has 1 aliphatic heterocycles. The first kappa shape index (κ1) is 15.6. The fourth-order valence-corrected chi connectivity index (χ4v) is 3.45. The largest absolute Gasteiger partial charge is 0.340 e. The van der Waals surface area contributed by atoms with Gasteiger partial charge in [-0.3, -0.25) is 14.7 Å². The highest BCUT2D eigenvalue weighted by molar-refractivity contribution is 5.80. The molecule has 3 aromatic rings. The van der Waals surface area contributed by atoms with Crippen LogP contribution in [0.3, 0.4) is 0 Å². The number of nitrogens with one attached hydrogen (secondary N) is 3. The van der Waals surface area contributed by atoms with Crippen molar-refractivity contribution in [2.45, 2.75) is 32.2 Å². The first-order chi connectivity index (χ1) is 12.0. The zero-order valence-corrected chi connectivity index (χ0v) is 13.7. The topological polar surface area (TPSA) is 97.6 Å². The van der Waals surface area contributed by atoms with E-state index in [0.717, 1.165) is 12.8 Å². The minimum atomic E-state index is -0.329. The first-order valence-electron chi connectivity index (χ1n) is 8.23. The molecule has 0 bridgehead atoms. The monoisotopic (exact) mass is 343 g/mol. The molecule has 1 aromatic carbocycles. The molecular formula is C17H18FN5O2. The van der Waals surface area contributed by atoms with E-state index in [1.165, 1.54) is 12.1 Å². The third-order valence-corrected chi connectivity index (χ3v) is 4.77. The Kier molecular flexibility index (Phi) is 3.67. The number of amides is 1. The molecular weight excluding hydrogens is 325 g/mol. The van der Waals surface area contributed by atoms with Gasteiger partial charge >= 0.3 is 0 Å². The van der Waals surface area contributed by atoms with Crippen molar-refractivity contribution in [1.29, 1.82) is 0 Å². The number of hydrogen-bond acceptors (Lipinski definition) is 3. The number of fused-ring (bicyclic) bond motifs is 1. The van der Waals surface area contributed by atoms with Crippen LogP contribution in [0.15, 0.2) is 23.0 Å². The van der Waals surface area contributed by atoms with Crippen LogP contribution in [0.2, 0.25) is 0 Å². The van der Waals surface area contributed by atoms with E-state index in [1.54, 1.807) is 17.9 Å². The molecule has 130 valence electrons. The second-order valence-corrected chi connectivity index (χ2v) is 6.39. The van der Waals surface area contributed by atoms with Gasteiger partial charge in [-0.05, 0) is 38.0 Å². The van der Waals surface area contributed by atoms with Gasteiger partial charge in [-0.2, -0.15) is 0 Å². The van der Waals surface area contributed by atoms with Crippen LogP contribution >= 0.6 is 0 Å². The molecule has 3 N–H and O–H groups in total. The van der Waals surface area contributed by atoms with Crippen molar-refractivity contribution in [2.24, 2.45) is 0 Å². The van der Waals surface area contributed by atoms with E-state index in [9.17, 15) is 14.0 Å². The summed E-state index contributed by atoms with van der Waals surface area (Å²) < 4.78 is 13.4. The average Bonchev–Trinajstić information content (AvgIpc) is 3.28. The molecule has 2 aromatic heterocycles. The summed E-state index contributed by atoms with van der Waals surface area (Å²) in [7, 11) is 0. The zero-order chi connectivity index (χ0) is 17.6. The number of H-pyrrole nitrogens is 3. The highest BCUT2D eigenvalue weighted by Crippen LogP contribution is 2.32. The normalized spacial score (nSPS) is 17.5. The van der Waals surface area contributed by atoms with Crippen molar-refractivity contribution >= 4 is 16.9 Å². The molecule has 1 aliphatic rings. The Bertz CT molecular complexity index is 1000. The van der Waals surface area contributed by atoms with Crippen LogP contribution in [-0.2, 0) is 11.2 Å². The van der Waals surface area contributed by atoms with E-state index in [-0.39, 0.29) is 29.7 Å². The number of aryl methyl sites for hydroxylation is 1. The molecule has 1 saturated heterocycles. The lowest BCUT2D eigenvalue weighted by molar-refractivity contribution is -0.131. The van der Waals surface area contributed by atoms with Gasteiger partial charge < -0.3 is 15.0 Å². The molecule has 4 rings (SSSR count). The van der Waals surface area contributed by atoms with E-state index in [4.69, 9.17) is 0 Å². The molecule has 0 saturated carbocycles. The summed E-state index contributed by atoms with van der Waals surface area (Å²) in [6.07, 6.45) is 1.71. The van der Waals surface area contributed by atoms with Crippen molar-refractivity contribution in [1.82, 2.24) is 25.1 Å². The van der Waals surface area contributed by atoms with Crippen LogP contribution in [0.5, 0.6) is 0 Å². The predicted octanol–water partition coefficient (Wildman–Crippen LogP) is 1.93. The van der Waals surface area contributed by atoms with Gasteiger partial charge in [-0.1, -0.05) is 0 Å². The van der Waals surface area contributed by atoms with E-state index in [1.807, 2.05) is 0 Å². The van der Waals surface area contributed by atoms with E-state index < -0.39 is 0 Å². The molecule has 3 heterocycles. The van der Waals surface area contributed by atoms with Crippen molar-refractivity contribution in [3.05, 3.63) is 51.5 Å². The van der Waals surface area contributed by atoms with Crippen LogP contribution in [0.4, 0.5) is 4.39 Å². The molecule has 0 unspecified atom stereocenters. The van der Waals surface area contributed by atoms with E-state index in [2.05, 4.69) is 20.2 Å². The number of rotatable bonds is 3. The Morgan fingerprint density at radius 3 is 3.00 bits per heavy atom. The third-order valence-electron chi connectivity index (χ3n) is 4.77. The van der Waals surface area contributed by atoms with Gasteiger partial charge in [0.2, 0.25) is 5.91 Å². The average molecular weight is 343 g/mol. The van der Waals surface area contributed by atoms with Crippen LogP contribution < -0.4 is 5.56 Å². The minimum absolute atomic E-state index is 0.0516. The second-order valence-electron chi connectivity index (χ2n) is 6.39. The lowest BCUT2D eigenvalue weighted by atomic mass is 10.1. The highest BCUT2D eigenvalue weighted by Gasteiger charge is 2.32. The second kappa shape index (κ2) is 5.87. The first-order valence-corrected chi connectivity index (χ1v) is 8.23. The van der Waals surface area contributed by atoms with Gasteiger partial charge in [-0.15, -0.1) is 0 Å². The summed E-state index contributed by atoms with van der Waals surface area (Å²) in [5.74, 6) is 0.220. The third kappa shape index (κ3) is 2.73. The maximum atomic E-state index is 13.4. The van der Waals surface area contributed by atoms with Gasteiger partial charge in [0, 0.05) is 17.8 Å². The van der Waals surface area contributed by atoms with Crippen molar-refractivity contribution in [3.63, 3.8) is 0 Å². The Hall–Kier alpha value is -2.90. The van der Waals surface area contributed by atoms with Gasteiger partial charge in [0.15, 0.2) is 0 Å². The highest BCUT2D eigenvalue weighted by atomic mass is 19.1. The van der Waals surface area contributed by atoms with Crippen LogP contribution in [0.25, 0.3) is 11.0 Å². The maximum Gasteiger partial charge on any atom is 0.267 e. The van der Waals surface area contributed by atoms with Gasteiger partial charge in [0.1, 0.15) is 11.6 Å². The minimum Gasteiger partial charge on any atom is -0.340 e. The summed E-state index contributed by atoms with van der Waals surface area (Å²) in [6.45, 7) is 2.38. The van der Waals surface area contributed by atoms with Crippen LogP contribution in [0, 0.1) is 12.7 Å². The van der Waals surface area contributed by atoms with Crippen LogP contribution in [0.1, 0.15) is 36.0 Å². The van der Waals surface area contributed by atoms with Gasteiger partial charge in [0.05, 0.1) is 23.5 Å². The molecule has 7 nitrogen and oxygen atoms in total. The number of halogens is 1. The van der Waals surface area contributed by atoms with Crippen molar-refractivity contribution in [3.8, 4) is 0 Å². The fourth-order valence-electron chi connectivity index (χ4n) is 3.45. The van der Waals surface area contributed by atoms with E-state index in [0.29, 0.717) is 34.7 Å². The molecule has 0 spiro atoms. The molecule has 1 atom stereocenters. The molecule has 1 fully saturated rings. The zero-order valence-electron chi connectivity index (χ0n) is 13.7. The SMILES string of the molecule is Cc1[nH][nH]c(=O)c1CC(=O)N1CCC[C@H]1c1nc2ccc(F)cc2[nH]1. The Labute approximate surface area is 142 Å². The number of hydrogen-bond donors (Lipinski definition) is 3. The Balaban J connectivity index is 1.61. The number of carbonyl (C=O) groups is 1. The number of likely N-dealkylation sites (tertiary alicyclic amines) is 1. The number of imidazole rings is 1. The number of nitrogens with zero attached hydrogens (tertiary/aromatic N) is 2. The predicted molar refractivity (Wildman–Crippen MR) is 89.6 cm³/mol. The molecule has 8 heteroatoms. The Morgan fingerprint density at radius 2 is 2.24 bits per heavy atom. The number of carbonyl (C=O) groups excluding carboxylic acids is 1. The molecule has 25 heavy (non-hydrogen) atoms. The summed E-state index contributed by atoms with van der Waals surface area (Å²) in [5, 5.41) is 5.23. The summed E-state index contributed by atoms with van der Waals surface area (Å²) in [6, 6.07) is 4.21. The molecule has 0 aliphatic carbocycles. The standard InChI is InChI=1S/C17H18FN5O2/c1-9-11(17(25)22-21-9)8-15(24)23-6-2-3-14(23)16-19-12-5-4-10(18)7-13(12)20-16/h4-5,7,14H,2-3,6,8H2,1H3,(H,19,20)(H2,21,22,25)/t14-/m0/s1. The maximum absolute atomic E-state index is 13.4. The summed E-state index contributed by atoms with van der Waals surface area (Å²) in [4.78, 5) is 33.9. The lowest BCUT2D eigenvalue weighted by Gasteiger charge is -2.23. The van der Waals surface area contributed by atoms with Crippen molar-refractivity contribution < 1.29 is 9.18 Å². The molecule has 0 radical (unpaired) electrons. The summed E-state index contributed by atoms with van der Waals surface area (Å²) >= 11 is 0.